The number of unbranched alkanes of at least 4 members (excludes halogenated alkanes) is 1. The van der Waals surface area contributed by atoms with Crippen molar-refractivity contribution in [1.82, 2.24) is 0 Å². The van der Waals surface area contributed by atoms with E-state index in [1.54, 1.807) is 0 Å². The first-order valence-electron chi connectivity index (χ1n) is 5.10. The lowest BCUT2D eigenvalue weighted by Gasteiger charge is -2.13. The molecule has 0 nitrogen and oxygen atoms in total. The van der Waals surface area contributed by atoms with E-state index in [1.165, 1.54) is 24.8 Å². The molecule has 1 rings (SSSR count). The van der Waals surface area contributed by atoms with Crippen LogP contribution in [0.25, 0.3) is 0 Å². The van der Waals surface area contributed by atoms with E-state index in [1.807, 2.05) is 18.2 Å². The van der Waals surface area contributed by atoms with Gasteiger partial charge in [0.05, 0.1) is 0 Å². The molecule has 1 atom stereocenters. The average Bonchev–Trinajstić information content (AvgIpc) is 2.14. The second-order valence-electron chi connectivity index (χ2n) is 3.71. The van der Waals surface area contributed by atoms with Gasteiger partial charge in [-0.05, 0) is 30.0 Å². The second-order valence-corrected chi connectivity index (χ2v) is 4.55. The molecule has 0 bridgehead atoms. The van der Waals surface area contributed by atoms with Crippen LogP contribution in [0.15, 0.2) is 18.2 Å². The molecule has 0 aromatic heterocycles. The van der Waals surface area contributed by atoms with Gasteiger partial charge in [-0.25, -0.2) is 0 Å². The molecule has 0 spiro atoms. The van der Waals surface area contributed by atoms with Crippen molar-refractivity contribution in [2.45, 2.75) is 39.0 Å². The Hall–Kier alpha value is -0.200. The molecular formula is C12H16Cl2. The predicted molar refractivity (Wildman–Crippen MR) is 64.4 cm³/mol. The summed E-state index contributed by atoms with van der Waals surface area (Å²) < 4.78 is 0. The standard InChI is InChI=1S/C12H16Cl2/c1-3-4-5-9(2)11-7-6-10(13)8-12(11)14/h6-9H,3-5H2,1-2H3. The van der Waals surface area contributed by atoms with Crippen molar-refractivity contribution in [1.29, 1.82) is 0 Å². The minimum atomic E-state index is 0.528. The van der Waals surface area contributed by atoms with E-state index in [-0.39, 0.29) is 0 Å². The van der Waals surface area contributed by atoms with E-state index >= 15 is 0 Å². The van der Waals surface area contributed by atoms with Crippen LogP contribution < -0.4 is 0 Å². The van der Waals surface area contributed by atoms with Crippen LogP contribution in [0.4, 0.5) is 0 Å². The second kappa shape index (κ2) is 5.63. The van der Waals surface area contributed by atoms with Crippen LogP contribution in [0.2, 0.25) is 10.0 Å². The molecule has 0 saturated heterocycles. The molecule has 0 heterocycles. The van der Waals surface area contributed by atoms with Crippen molar-refractivity contribution in [3.8, 4) is 0 Å². The highest BCUT2D eigenvalue weighted by Crippen LogP contribution is 2.30. The first kappa shape index (κ1) is 11.9. The number of halogens is 2. The Morgan fingerprint density at radius 3 is 2.57 bits per heavy atom. The van der Waals surface area contributed by atoms with Crippen LogP contribution in [0.5, 0.6) is 0 Å². The fourth-order valence-electron chi connectivity index (χ4n) is 1.57. The molecule has 0 aliphatic carbocycles. The van der Waals surface area contributed by atoms with Gasteiger partial charge in [-0.2, -0.15) is 0 Å². The number of hydrogen-bond donors (Lipinski definition) is 0. The third kappa shape index (κ3) is 3.18. The largest absolute Gasteiger partial charge is 0.0843 e. The molecular weight excluding hydrogens is 215 g/mol. The fraction of sp³-hybridized carbons (Fsp3) is 0.500. The Balaban J connectivity index is 2.74. The van der Waals surface area contributed by atoms with Crippen LogP contribution in [0, 0.1) is 0 Å². The first-order valence-corrected chi connectivity index (χ1v) is 5.85. The lowest BCUT2D eigenvalue weighted by molar-refractivity contribution is 0.624. The Bertz CT molecular complexity index is 294. The lowest BCUT2D eigenvalue weighted by atomic mass is 9.96. The summed E-state index contributed by atoms with van der Waals surface area (Å²) in [5.41, 5.74) is 1.21. The molecule has 78 valence electrons. The van der Waals surface area contributed by atoms with Gasteiger partial charge in [-0.3, -0.25) is 0 Å². The summed E-state index contributed by atoms with van der Waals surface area (Å²) in [5.74, 6) is 0.528. The van der Waals surface area contributed by atoms with E-state index in [2.05, 4.69) is 13.8 Å². The molecule has 0 saturated carbocycles. The summed E-state index contributed by atoms with van der Waals surface area (Å²) in [5, 5.41) is 1.50. The summed E-state index contributed by atoms with van der Waals surface area (Å²) in [6.45, 7) is 4.42. The number of benzene rings is 1. The van der Waals surface area contributed by atoms with Crippen molar-refractivity contribution in [2.75, 3.05) is 0 Å². The minimum absolute atomic E-state index is 0.528. The summed E-state index contributed by atoms with van der Waals surface area (Å²) in [6.07, 6.45) is 3.67. The van der Waals surface area contributed by atoms with Crippen molar-refractivity contribution >= 4 is 23.2 Å². The lowest BCUT2D eigenvalue weighted by Crippen LogP contribution is -1.94. The Labute approximate surface area is 96.2 Å². The summed E-state index contributed by atoms with van der Waals surface area (Å²) in [4.78, 5) is 0. The average molecular weight is 231 g/mol. The maximum Gasteiger partial charge on any atom is 0.0455 e. The molecule has 0 radical (unpaired) electrons. The van der Waals surface area contributed by atoms with Crippen molar-refractivity contribution in [3.63, 3.8) is 0 Å². The Kier molecular flexibility index (Phi) is 4.77. The third-order valence-electron chi connectivity index (χ3n) is 2.48. The topological polar surface area (TPSA) is 0 Å². The number of hydrogen-bond acceptors (Lipinski definition) is 0. The highest BCUT2D eigenvalue weighted by atomic mass is 35.5. The van der Waals surface area contributed by atoms with Gasteiger partial charge in [0.2, 0.25) is 0 Å². The van der Waals surface area contributed by atoms with Crippen LogP contribution >= 0.6 is 23.2 Å². The summed E-state index contributed by atoms with van der Waals surface area (Å²) in [6, 6.07) is 5.76. The molecule has 0 aliphatic heterocycles. The van der Waals surface area contributed by atoms with E-state index in [0.717, 1.165) is 5.02 Å². The van der Waals surface area contributed by atoms with Crippen molar-refractivity contribution < 1.29 is 0 Å². The van der Waals surface area contributed by atoms with Crippen LogP contribution in [-0.4, -0.2) is 0 Å². The van der Waals surface area contributed by atoms with Gasteiger partial charge in [-0.1, -0.05) is 56.0 Å². The highest BCUT2D eigenvalue weighted by Gasteiger charge is 2.09. The minimum Gasteiger partial charge on any atom is -0.0843 e. The maximum absolute atomic E-state index is 6.12. The van der Waals surface area contributed by atoms with E-state index < -0.39 is 0 Å². The van der Waals surface area contributed by atoms with Gasteiger partial charge < -0.3 is 0 Å². The summed E-state index contributed by atoms with van der Waals surface area (Å²) >= 11 is 12.0. The molecule has 2 heteroatoms. The van der Waals surface area contributed by atoms with Crippen LogP contribution in [0.1, 0.15) is 44.6 Å². The van der Waals surface area contributed by atoms with Crippen LogP contribution in [-0.2, 0) is 0 Å². The molecule has 1 unspecified atom stereocenters. The molecule has 1 aromatic carbocycles. The Morgan fingerprint density at radius 1 is 1.29 bits per heavy atom. The fourth-order valence-corrected chi connectivity index (χ4v) is 2.16. The maximum atomic E-state index is 6.12. The van der Waals surface area contributed by atoms with Gasteiger partial charge >= 0.3 is 0 Å². The Morgan fingerprint density at radius 2 is 2.00 bits per heavy atom. The van der Waals surface area contributed by atoms with Gasteiger partial charge in [0.25, 0.3) is 0 Å². The molecule has 0 aliphatic rings. The predicted octanol–water partition coefficient (Wildman–Crippen LogP) is 5.29. The zero-order valence-corrected chi connectivity index (χ0v) is 10.2. The van der Waals surface area contributed by atoms with Gasteiger partial charge in [0.1, 0.15) is 0 Å². The quantitative estimate of drug-likeness (QED) is 0.660. The number of rotatable bonds is 4. The van der Waals surface area contributed by atoms with Crippen molar-refractivity contribution in [2.24, 2.45) is 0 Å². The van der Waals surface area contributed by atoms with Crippen molar-refractivity contribution in [3.05, 3.63) is 33.8 Å². The molecule has 0 amide bonds. The molecule has 14 heavy (non-hydrogen) atoms. The van der Waals surface area contributed by atoms with E-state index in [0.29, 0.717) is 10.9 Å². The monoisotopic (exact) mass is 230 g/mol. The summed E-state index contributed by atoms with van der Waals surface area (Å²) in [7, 11) is 0. The molecule has 1 aromatic rings. The van der Waals surface area contributed by atoms with Gasteiger partial charge in [0.15, 0.2) is 0 Å². The SMILES string of the molecule is CCCCC(C)c1ccc(Cl)cc1Cl. The normalized spacial score (nSPS) is 12.9. The smallest absolute Gasteiger partial charge is 0.0455 e. The molecule has 0 N–H and O–H groups in total. The van der Waals surface area contributed by atoms with Crippen LogP contribution in [0.3, 0.4) is 0 Å². The van der Waals surface area contributed by atoms with E-state index in [4.69, 9.17) is 23.2 Å². The van der Waals surface area contributed by atoms with Gasteiger partial charge in [-0.15, -0.1) is 0 Å². The zero-order chi connectivity index (χ0) is 10.6. The third-order valence-corrected chi connectivity index (χ3v) is 3.05. The van der Waals surface area contributed by atoms with Gasteiger partial charge in [0, 0.05) is 10.0 Å². The molecule has 0 fully saturated rings. The first-order chi connectivity index (χ1) is 6.65. The van der Waals surface area contributed by atoms with E-state index in [9.17, 15) is 0 Å². The highest BCUT2D eigenvalue weighted by molar-refractivity contribution is 6.35. The zero-order valence-electron chi connectivity index (χ0n) is 8.69.